The van der Waals surface area contributed by atoms with E-state index in [1.54, 1.807) is 0 Å². The van der Waals surface area contributed by atoms with Crippen molar-refractivity contribution >= 4 is 11.9 Å². The van der Waals surface area contributed by atoms with Crippen molar-refractivity contribution in [2.24, 2.45) is 5.92 Å². The highest BCUT2D eigenvalue weighted by Crippen LogP contribution is 1.99. The molecule has 1 amide bonds. The lowest BCUT2D eigenvalue weighted by atomic mass is 10.1. The van der Waals surface area contributed by atoms with Crippen LogP contribution in [0.5, 0.6) is 0 Å². The molecule has 0 radical (unpaired) electrons. The summed E-state index contributed by atoms with van der Waals surface area (Å²) in [4.78, 5) is 33.9. The topological polar surface area (TPSA) is 101 Å². The van der Waals surface area contributed by atoms with Gasteiger partial charge in [0.05, 0.1) is 0 Å². The Morgan fingerprint density at radius 2 is 2.00 bits per heavy atom. The van der Waals surface area contributed by atoms with Crippen LogP contribution in [-0.4, -0.2) is 32.8 Å². The minimum absolute atomic E-state index is 0.0362. The van der Waals surface area contributed by atoms with Crippen molar-refractivity contribution in [2.45, 2.75) is 33.4 Å². The molecule has 1 aromatic rings. The molecule has 1 heterocycles. The Hall–Kier alpha value is -2.18. The molecule has 1 atom stereocenters. The van der Waals surface area contributed by atoms with Gasteiger partial charge in [0.25, 0.3) is 5.56 Å². The van der Waals surface area contributed by atoms with Crippen LogP contribution in [-0.2, 0) is 11.3 Å². The molecule has 1 unspecified atom stereocenters. The number of aromatic carboxylic acids is 1. The Morgan fingerprint density at radius 1 is 1.37 bits per heavy atom. The summed E-state index contributed by atoms with van der Waals surface area (Å²) in [5.41, 5.74) is -0.790. The predicted octanol–water partition coefficient (Wildman–Crippen LogP) is 0.102. The summed E-state index contributed by atoms with van der Waals surface area (Å²) < 4.78 is 0.839. The molecule has 7 nitrogen and oxygen atoms in total. The number of rotatable bonds is 5. The fraction of sp³-hybridized carbons (Fsp3) is 0.500. The lowest BCUT2D eigenvalue weighted by Crippen LogP contribution is -2.40. The standard InChI is InChI=1S/C12H17N3O4/c1-7(2)8(3)13-10(16)6-15-11(17)5-4-9(14-15)12(18)19/h4-5,7-8H,6H2,1-3H3,(H,13,16)(H,18,19). The second-order valence-corrected chi connectivity index (χ2v) is 4.62. The van der Waals surface area contributed by atoms with E-state index in [0.717, 1.165) is 16.8 Å². The summed E-state index contributed by atoms with van der Waals surface area (Å²) in [5.74, 6) is -1.36. The van der Waals surface area contributed by atoms with Crippen molar-refractivity contribution in [1.29, 1.82) is 0 Å². The zero-order chi connectivity index (χ0) is 14.6. The Bertz CT molecular complexity index is 536. The first-order valence-corrected chi connectivity index (χ1v) is 5.92. The fourth-order valence-electron chi connectivity index (χ4n) is 1.28. The average molecular weight is 267 g/mol. The molecule has 0 aliphatic carbocycles. The van der Waals surface area contributed by atoms with Crippen molar-refractivity contribution in [3.63, 3.8) is 0 Å². The number of carboxylic acids is 1. The molecule has 19 heavy (non-hydrogen) atoms. The van der Waals surface area contributed by atoms with Gasteiger partial charge in [0.15, 0.2) is 5.69 Å². The molecule has 0 aromatic carbocycles. The van der Waals surface area contributed by atoms with Gasteiger partial charge >= 0.3 is 5.97 Å². The molecule has 7 heteroatoms. The normalized spacial score (nSPS) is 12.2. The molecule has 2 N–H and O–H groups in total. The van der Waals surface area contributed by atoms with Crippen LogP contribution >= 0.6 is 0 Å². The van der Waals surface area contributed by atoms with E-state index in [1.807, 2.05) is 20.8 Å². The number of hydrogen-bond acceptors (Lipinski definition) is 4. The molecule has 1 rings (SSSR count). The summed E-state index contributed by atoms with van der Waals surface area (Å²) in [6.07, 6.45) is 0. The maximum atomic E-state index is 11.7. The van der Waals surface area contributed by atoms with Crippen LogP contribution in [0.4, 0.5) is 0 Å². The molecular formula is C12H17N3O4. The second kappa shape index (κ2) is 6.12. The minimum Gasteiger partial charge on any atom is -0.476 e. The molecule has 1 aromatic heterocycles. The number of hydrogen-bond donors (Lipinski definition) is 2. The van der Waals surface area contributed by atoms with Crippen molar-refractivity contribution in [1.82, 2.24) is 15.1 Å². The maximum absolute atomic E-state index is 11.7. The van der Waals surface area contributed by atoms with Crippen molar-refractivity contribution in [2.75, 3.05) is 0 Å². The first-order chi connectivity index (χ1) is 8.81. The third-order valence-electron chi connectivity index (χ3n) is 2.77. The summed E-state index contributed by atoms with van der Waals surface area (Å²) >= 11 is 0. The summed E-state index contributed by atoms with van der Waals surface area (Å²) in [6, 6.07) is 2.15. The first-order valence-electron chi connectivity index (χ1n) is 5.92. The highest BCUT2D eigenvalue weighted by molar-refractivity contribution is 5.85. The van der Waals surface area contributed by atoms with Crippen molar-refractivity contribution < 1.29 is 14.7 Å². The van der Waals surface area contributed by atoms with Gasteiger partial charge in [0, 0.05) is 12.1 Å². The molecule has 0 aliphatic heterocycles. The predicted molar refractivity (Wildman–Crippen MR) is 67.9 cm³/mol. The molecular weight excluding hydrogens is 250 g/mol. The van der Waals surface area contributed by atoms with Crippen LogP contribution in [0.15, 0.2) is 16.9 Å². The van der Waals surface area contributed by atoms with E-state index >= 15 is 0 Å². The van der Waals surface area contributed by atoms with Gasteiger partial charge in [-0.1, -0.05) is 13.8 Å². The molecule has 0 saturated heterocycles. The molecule has 0 saturated carbocycles. The van der Waals surface area contributed by atoms with Crippen molar-refractivity contribution in [3.8, 4) is 0 Å². The zero-order valence-electron chi connectivity index (χ0n) is 11.1. The Labute approximate surface area is 110 Å². The van der Waals surface area contributed by atoms with Crippen LogP contribution in [0.3, 0.4) is 0 Å². The monoisotopic (exact) mass is 267 g/mol. The van der Waals surface area contributed by atoms with Gasteiger partial charge in [0.2, 0.25) is 5.91 Å². The number of carbonyl (C=O) groups is 2. The lowest BCUT2D eigenvalue weighted by molar-refractivity contribution is -0.122. The highest BCUT2D eigenvalue weighted by atomic mass is 16.4. The van der Waals surface area contributed by atoms with Gasteiger partial charge in [-0.15, -0.1) is 0 Å². The number of aromatic nitrogens is 2. The van der Waals surface area contributed by atoms with Gasteiger partial charge in [0.1, 0.15) is 6.54 Å². The van der Waals surface area contributed by atoms with Crippen LogP contribution in [0, 0.1) is 5.92 Å². The smallest absolute Gasteiger partial charge is 0.356 e. The third-order valence-corrected chi connectivity index (χ3v) is 2.77. The molecule has 104 valence electrons. The van der Waals surface area contributed by atoms with E-state index in [2.05, 4.69) is 10.4 Å². The second-order valence-electron chi connectivity index (χ2n) is 4.62. The number of amides is 1. The maximum Gasteiger partial charge on any atom is 0.356 e. The van der Waals surface area contributed by atoms with Gasteiger partial charge in [-0.3, -0.25) is 9.59 Å². The number of carboxylic acid groups (broad SMARTS) is 1. The average Bonchev–Trinajstić information content (AvgIpc) is 2.31. The largest absolute Gasteiger partial charge is 0.476 e. The van der Waals surface area contributed by atoms with Gasteiger partial charge in [-0.05, 0) is 18.9 Å². The Kier molecular flexibility index (Phi) is 4.80. The molecule has 0 aliphatic rings. The minimum atomic E-state index is -1.25. The van der Waals surface area contributed by atoms with Gasteiger partial charge in [-0.2, -0.15) is 5.10 Å². The number of carbonyl (C=O) groups excluding carboxylic acids is 1. The van der Waals surface area contributed by atoms with Crippen LogP contribution in [0.2, 0.25) is 0 Å². The van der Waals surface area contributed by atoms with E-state index in [9.17, 15) is 14.4 Å². The number of nitrogens with zero attached hydrogens (tertiary/aromatic N) is 2. The Balaban J connectivity index is 2.82. The highest BCUT2D eigenvalue weighted by Gasteiger charge is 2.13. The van der Waals surface area contributed by atoms with Crippen molar-refractivity contribution in [3.05, 3.63) is 28.2 Å². The Morgan fingerprint density at radius 3 is 2.53 bits per heavy atom. The summed E-state index contributed by atoms with van der Waals surface area (Å²) in [6.45, 7) is 5.48. The van der Waals surface area contributed by atoms with E-state index < -0.39 is 11.5 Å². The summed E-state index contributed by atoms with van der Waals surface area (Å²) in [7, 11) is 0. The van der Waals surface area contributed by atoms with Crippen LogP contribution in [0.25, 0.3) is 0 Å². The lowest BCUT2D eigenvalue weighted by Gasteiger charge is -2.17. The summed E-state index contributed by atoms with van der Waals surface area (Å²) in [5, 5.41) is 15.1. The number of nitrogens with one attached hydrogen (secondary N) is 1. The van der Waals surface area contributed by atoms with Gasteiger partial charge in [-0.25, -0.2) is 9.48 Å². The van der Waals surface area contributed by atoms with Crippen LogP contribution < -0.4 is 10.9 Å². The van der Waals surface area contributed by atoms with E-state index in [-0.39, 0.29) is 30.1 Å². The quantitative estimate of drug-likeness (QED) is 0.788. The van der Waals surface area contributed by atoms with Crippen LogP contribution in [0.1, 0.15) is 31.3 Å². The van der Waals surface area contributed by atoms with E-state index in [0.29, 0.717) is 0 Å². The molecule has 0 bridgehead atoms. The zero-order valence-corrected chi connectivity index (χ0v) is 11.1. The van der Waals surface area contributed by atoms with Gasteiger partial charge < -0.3 is 10.4 Å². The van der Waals surface area contributed by atoms with E-state index in [1.165, 1.54) is 0 Å². The van der Waals surface area contributed by atoms with E-state index in [4.69, 9.17) is 5.11 Å². The SMILES string of the molecule is CC(C)C(C)NC(=O)Cn1nc(C(=O)O)ccc1=O. The third kappa shape index (κ3) is 4.20. The molecule has 0 fully saturated rings. The molecule has 0 spiro atoms. The fourth-order valence-corrected chi connectivity index (χ4v) is 1.28. The first kappa shape index (κ1) is 14.9.